The molecule has 0 atom stereocenters. The van der Waals surface area contributed by atoms with Gasteiger partial charge in [0.2, 0.25) is 0 Å². The first kappa shape index (κ1) is 18.2. The highest BCUT2D eigenvalue weighted by Crippen LogP contribution is 2.36. The summed E-state index contributed by atoms with van der Waals surface area (Å²) in [4.78, 5) is 11.4. The van der Waals surface area contributed by atoms with Crippen LogP contribution in [0, 0.1) is 6.92 Å². The van der Waals surface area contributed by atoms with Crippen LogP contribution in [0.1, 0.15) is 5.82 Å². The van der Waals surface area contributed by atoms with Crippen LogP contribution in [0.25, 0.3) is 20.7 Å². The summed E-state index contributed by atoms with van der Waals surface area (Å²) in [7, 11) is 1.66. The Morgan fingerprint density at radius 2 is 1.69 bits per heavy atom. The van der Waals surface area contributed by atoms with E-state index in [1.807, 2.05) is 49.4 Å². The van der Waals surface area contributed by atoms with Gasteiger partial charge in [-0.2, -0.15) is 0 Å². The highest BCUT2D eigenvalue weighted by Gasteiger charge is 2.12. The van der Waals surface area contributed by atoms with Gasteiger partial charge >= 0.3 is 0 Å². The second-order valence-electron chi connectivity index (χ2n) is 5.67. The van der Waals surface area contributed by atoms with Gasteiger partial charge in [-0.15, -0.1) is 23.7 Å². The molecule has 1 N–H and O–H groups in total. The minimum Gasteiger partial charge on any atom is -0.497 e. The number of aryl methyl sites for hydroxylation is 1. The first-order valence-corrected chi connectivity index (χ1v) is 8.79. The van der Waals surface area contributed by atoms with Crippen LogP contribution in [-0.4, -0.2) is 17.1 Å². The van der Waals surface area contributed by atoms with E-state index in [2.05, 4.69) is 33.5 Å². The molecule has 2 heterocycles. The maximum Gasteiger partial charge on any atom is 0.142 e. The predicted octanol–water partition coefficient (Wildman–Crippen LogP) is 5.84. The molecule has 4 aromatic rings. The molecule has 0 aliphatic heterocycles. The zero-order valence-corrected chi connectivity index (χ0v) is 16.0. The van der Waals surface area contributed by atoms with Crippen molar-refractivity contribution in [3.8, 4) is 16.2 Å². The lowest BCUT2D eigenvalue weighted by molar-refractivity contribution is 0.415. The van der Waals surface area contributed by atoms with Crippen LogP contribution in [0.2, 0.25) is 0 Å². The van der Waals surface area contributed by atoms with Gasteiger partial charge in [-0.05, 0) is 42.8 Å². The van der Waals surface area contributed by atoms with Crippen molar-refractivity contribution in [3.05, 3.63) is 66.5 Å². The van der Waals surface area contributed by atoms with Crippen molar-refractivity contribution in [1.29, 1.82) is 0 Å². The van der Waals surface area contributed by atoms with Gasteiger partial charge in [-0.1, -0.05) is 30.3 Å². The Labute approximate surface area is 162 Å². The fourth-order valence-electron chi connectivity index (χ4n) is 2.68. The Balaban J connectivity index is 0.00000196. The summed E-state index contributed by atoms with van der Waals surface area (Å²) in [5.41, 5.74) is 2.16. The van der Waals surface area contributed by atoms with E-state index in [0.29, 0.717) is 0 Å². The lowest BCUT2D eigenvalue weighted by atomic mass is 10.2. The van der Waals surface area contributed by atoms with Crippen LogP contribution >= 0.6 is 23.7 Å². The number of halogens is 1. The Kier molecular flexibility index (Phi) is 5.40. The van der Waals surface area contributed by atoms with E-state index in [1.165, 1.54) is 10.4 Å². The third kappa shape index (κ3) is 3.64. The first-order chi connectivity index (χ1) is 12.2. The topological polar surface area (TPSA) is 47.0 Å². The summed E-state index contributed by atoms with van der Waals surface area (Å²) >= 11 is 1.68. The van der Waals surface area contributed by atoms with Crippen LogP contribution in [0.4, 0.5) is 11.5 Å². The molecule has 2 aromatic carbocycles. The maximum atomic E-state index is 5.21. The molecule has 0 fully saturated rings. The van der Waals surface area contributed by atoms with Gasteiger partial charge in [0.05, 0.1) is 12.5 Å². The summed E-state index contributed by atoms with van der Waals surface area (Å²) in [6.45, 7) is 1.92. The Morgan fingerprint density at radius 1 is 0.962 bits per heavy atom. The number of ether oxygens (including phenoxy) is 1. The Bertz CT molecular complexity index is 1020. The van der Waals surface area contributed by atoms with Gasteiger partial charge in [0, 0.05) is 10.6 Å². The predicted molar refractivity (Wildman–Crippen MR) is 111 cm³/mol. The molecular weight excluding hydrogens is 366 g/mol. The van der Waals surface area contributed by atoms with Crippen LogP contribution in [0.3, 0.4) is 0 Å². The largest absolute Gasteiger partial charge is 0.497 e. The number of nitrogens with one attached hydrogen (secondary N) is 1. The van der Waals surface area contributed by atoms with Gasteiger partial charge in [0.1, 0.15) is 22.2 Å². The highest BCUT2D eigenvalue weighted by atomic mass is 35.5. The van der Waals surface area contributed by atoms with Crippen LogP contribution in [0.5, 0.6) is 5.75 Å². The molecule has 132 valence electrons. The molecular formula is C20H18ClN3OS. The SMILES string of the molecule is COc1ccc(Nc2nc(C)nc3sc(-c4ccccc4)cc23)cc1.Cl. The molecule has 0 radical (unpaired) electrons. The quantitative estimate of drug-likeness (QED) is 0.480. The molecule has 0 aliphatic carbocycles. The number of hydrogen-bond donors (Lipinski definition) is 1. The average molecular weight is 384 g/mol. The molecule has 0 amide bonds. The molecule has 6 heteroatoms. The molecule has 0 unspecified atom stereocenters. The van der Waals surface area contributed by atoms with E-state index in [4.69, 9.17) is 4.74 Å². The molecule has 0 bridgehead atoms. The number of aromatic nitrogens is 2. The normalized spacial score (nSPS) is 10.4. The first-order valence-electron chi connectivity index (χ1n) is 7.97. The average Bonchev–Trinajstić information content (AvgIpc) is 3.07. The number of hydrogen-bond acceptors (Lipinski definition) is 5. The van der Waals surface area contributed by atoms with Crippen LogP contribution in [0.15, 0.2) is 60.7 Å². The molecule has 0 saturated heterocycles. The minimum atomic E-state index is 0. The number of rotatable bonds is 4. The van der Waals surface area contributed by atoms with Crippen LogP contribution in [-0.2, 0) is 0 Å². The van der Waals surface area contributed by atoms with E-state index in [-0.39, 0.29) is 12.4 Å². The van der Waals surface area contributed by atoms with E-state index in [0.717, 1.165) is 33.3 Å². The summed E-state index contributed by atoms with van der Waals surface area (Å²) in [5, 5.41) is 4.44. The molecule has 2 aromatic heterocycles. The number of thiophene rings is 1. The smallest absolute Gasteiger partial charge is 0.142 e. The van der Waals surface area contributed by atoms with E-state index >= 15 is 0 Å². The monoisotopic (exact) mass is 383 g/mol. The highest BCUT2D eigenvalue weighted by molar-refractivity contribution is 7.21. The standard InChI is InChI=1S/C20H17N3OS.ClH/c1-13-21-19(23-15-8-10-16(24-2)11-9-15)17-12-18(25-20(17)22-13)14-6-4-3-5-7-14;/h3-12H,1-2H3,(H,21,22,23);1H. The number of nitrogens with zero attached hydrogens (tertiary/aromatic N) is 2. The Hall–Kier alpha value is -2.63. The zero-order valence-electron chi connectivity index (χ0n) is 14.4. The van der Waals surface area contributed by atoms with Crippen LogP contribution < -0.4 is 10.1 Å². The zero-order chi connectivity index (χ0) is 17.2. The fraction of sp³-hybridized carbons (Fsp3) is 0.100. The van der Waals surface area contributed by atoms with Crippen molar-refractivity contribution in [1.82, 2.24) is 9.97 Å². The minimum absolute atomic E-state index is 0. The number of methoxy groups -OCH3 is 1. The molecule has 0 spiro atoms. The number of anilines is 2. The van der Waals surface area contributed by atoms with Gasteiger partial charge < -0.3 is 10.1 Å². The number of benzene rings is 2. The second kappa shape index (κ2) is 7.72. The third-order valence-electron chi connectivity index (χ3n) is 3.92. The van der Waals surface area contributed by atoms with Crippen molar-refractivity contribution >= 4 is 45.5 Å². The van der Waals surface area contributed by atoms with Crippen molar-refractivity contribution in [2.75, 3.05) is 12.4 Å². The van der Waals surface area contributed by atoms with Crippen molar-refractivity contribution in [2.24, 2.45) is 0 Å². The lowest BCUT2D eigenvalue weighted by Crippen LogP contribution is -1.97. The van der Waals surface area contributed by atoms with E-state index in [1.54, 1.807) is 18.4 Å². The molecule has 0 saturated carbocycles. The summed E-state index contributed by atoms with van der Waals surface area (Å²) in [6.07, 6.45) is 0. The van der Waals surface area contributed by atoms with Gasteiger partial charge in [0.25, 0.3) is 0 Å². The van der Waals surface area contributed by atoms with Crippen molar-refractivity contribution < 1.29 is 4.74 Å². The summed E-state index contributed by atoms with van der Waals surface area (Å²) < 4.78 is 5.21. The second-order valence-corrected chi connectivity index (χ2v) is 6.70. The molecule has 4 rings (SSSR count). The van der Waals surface area contributed by atoms with Gasteiger partial charge in [-0.25, -0.2) is 9.97 Å². The number of fused-ring (bicyclic) bond motifs is 1. The van der Waals surface area contributed by atoms with Gasteiger partial charge in [0.15, 0.2) is 0 Å². The fourth-order valence-corrected chi connectivity index (χ4v) is 3.76. The lowest BCUT2D eigenvalue weighted by Gasteiger charge is -2.08. The summed E-state index contributed by atoms with van der Waals surface area (Å²) in [6, 6.07) is 20.3. The Morgan fingerprint density at radius 3 is 2.38 bits per heavy atom. The molecule has 26 heavy (non-hydrogen) atoms. The van der Waals surface area contributed by atoms with Gasteiger partial charge in [-0.3, -0.25) is 0 Å². The maximum absolute atomic E-state index is 5.21. The molecule has 0 aliphatic rings. The van der Waals surface area contributed by atoms with Crippen molar-refractivity contribution in [3.63, 3.8) is 0 Å². The summed E-state index contributed by atoms with van der Waals surface area (Å²) in [5.74, 6) is 2.41. The molecule has 4 nitrogen and oxygen atoms in total. The van der Waals surface area contributed by atoms with E-state index in [9.17, 15) is 0 Å². The third-order valence-corrected chi connectivity index (χ3v) is 4.99. The van der Waals surface area contributed by atoms with Crippen molar-refractivity contribution in [2.45, 2.75) is 6.92 Å². The van der Waals surface area contributed by atoms with E-state index < -0.39 is 0 Å².